The summed E-state index contributed by atoms with van der Waals surface area (Å²) < 4.78 is 0. The Kier molecular flexibility index (Phi) is 3.02. The summed E-state index contributed by atoms with van der Waals surface area (Å²) in [5.41, 5.74) is 7.37. The maximum atomic E-state index is 2.26. The molecule has 3 rings (SSSR count). The second-order valence-corrected chi connectivity index (χ2v) is 4.93. The molecule has 0 radical (unpaired) electrons. The Hall–Kier alpha value is -1.82. The van der Waals surface area contributed by atoms with Crippen LogP contribution in [0.1, 0.15) is 36.5 Å². The second-order valence-electron chi connectivity index (χ2n) is 4.93. The minimum Gasteiger partial charge on any atom is -0.0651 e. The van der Waals surface area contributed by atoms with E-state index in [4.69, 9.17) is 0 Å². The van der Waals surface area contributed by atoms with Crippen LogP contribution in [0.15, 0.2) is 60.2 Å². The van der Waals surface area contributed by atoms with Gasteiger partial charge in [-0.15, -0.1) is 0 Å². The molecule has 2 aromatic rings. The quantitative estimate of drug-likeness (QED) is 0.712. The van der Waals surface area contributed by atoms with Crippen LogP contribution in [0.3, 0.4) is 0 Å². The molecule has 0 amide bonds. The molecule has 0 saturated heterocycles. The van der Waals surface area contributed by atoms with Gasteiger partial charge in [0.2, 0.25) is 0 Å². The van der Waals surface area contributed by atoms with E-state index in [1.54, 1.807) is 5.57 Å². The van der Waals surface area contributed by atoms with E-state index in [1.807, 2.05) is 0 Å². The minimum absolute atomic E-state index is 1.13. The molecule has 0 atom stereocenters. The molecule has 0 aliphatic heterocycles. The zero-order valence-corrected chi connectivity index (χ0v) is 10.8. The molecule has 0 N–H and O–H groups in total. The van der Waals surface area contributed by atoms with Crippen LogP contribution < -0.4 is 0 Å². The Morgan fingerprint density at radius 2 is 1.61 bits per heavy atom. The lowest BCUT2D eigenvalue weighted by atomic mass is 9.96. The number of allylic oxidation sites excluding steroid dienone is 1. The van der Waals surface area contributed by atoms with Crippen LogP contribution in [0.5, 0.6) is 0 Å². The lowest BCUT2D eigenvalue weighted by Gasteiger charge is -2.08. The molecule has 0 saturated carbocycles. The van der Waals surface area contributed by atoms with Gasteiger partial charge in [0, 0.05) is 0 Å². The van der Waals surface area contributed by atoms with Crippen LogP contribution in [-0.4, -0.2) is 0 Å². The standard InChI is InChI=1S/C18H18/c1-2-8-16-13-15-11-6-7-12-17(15)18(16)14-9-4-3-5-10-14/h3-7,9-12H,2,8,13H2,1H3. The van der Waals surface area contributed by atoms with Gasteiger partial charge in [0.15, 0.2) is 0 Å². The lowest BCUT2D eigenvalue weighted by Crippen LogP contribution is -1.88. The fraction of sp³-hybridized carbons (Fsp3) is 0.222. The number of fused-ring (bicyclic) bond motifs is 1. The molecule has 0 bridgehead atoms. The van der Waals surface area contributed by atoms with Gasteiger partial charge in [-0.25, -0.2) is 0 Å². The number of rotatable bonds is 3. The molecule has 0 fully saturated rings. The fourth-order valence-electron chi connectivity index (χ4n) is 2.91. The average molecular weight is 234 g/mol. The van der Waals surface area contributed by atoms with Crippen LogP contribution in [-0.2, 0) is 6.42 Å². The Balaban J connectivity index is 2.14. The summed E-state index contributed by atoms with van der Waals surface area (Å²) in [7, 11) is 0. The Morgan fingerprint density at radius 1 is 0.889 bits per heavy atom. The first-order chi connectivity index (χ1) is 8.90. The van der Waals surface area contributed by atoms with Gasteiger partial charge in [0.05, 0.1) is 0 Å². The Bertz CT molecular complexity index is 576. The fourth-order valence-corrected chi connectivity index (χ4v) is 2.91. The molecular formula is C18H18. The summed E-state index contributed by atoms with van der Waals surface area (Å²) in [5, 5.41) is 0. The van der Waals surface area contributed by atoms with E-state index in [0.29, 0.717) is 0 Å². The molecular weight excluding hydrogens is 216 g/mol. The molecule has 2 aromatic carbocycles. The van der Waals surface area contributed by atoms with Gasteiger partial charge in [0.25, 0.3) is 0 Å². The van der Waals surface area contributed by atoms with E-state index >= 15 is 0 Å². The number of hydrogen-bond acceptors (Lipinski definition) is 0. The van der Waals surface area contributed by atoms with Gasteiger partial charge >= 0.3 is 0 Å². The van der Waals surface area contributed by atoms with Crippen molar-refractivity contribution in [1.29, 1.82) is 0 Å². The third-order valence-electron chi connectivity index (χ3n) is 3.66. The first-order valence-corrected chi connectivity index (χ1v) is 6.76. The molecule has 18 heavy (non-hydrogen) atoms. The molecule has 90 valence electrons. The van der Waals surface area contributed by atoms with Crippen LogP contribution in [0, 0.1) is 0 Å². The molecule has 0 nitrogen and oxygen atoms in total. The highest BCUT2D eigenvalue weighted by Gasteiger charge is 2.21. The van der Waals surface area contributed by atoms with Crippen LogP contribution >= 0.6 is 0 Å². The summed E-state index contributed by atoms with van der Waals surface area (Å²) >= 11 is 0. The van der Waals surface area contributed by atoms with Crippen LogP contribution in [0.2, 0.25) is 0 Å². The third-order valence-corrected chi connectivity index (χ3v) is 3.66. The summed E-state index contributed by atoms with van der Waals surface area (Å²) in [6, 6.07) is 19.6. The van der Waals surface area contributed by atoms with E-state index in [0.717, 1.165) is 6.42 Å². The summed E-state index contributed by atoms with van der Waals surface area (Å²) in [4.78, 5) is 0. The highest BCUT2D eigenvalue weighted by molar-refractivity contribution is 5.87. The van der Waals surface area contributed by atoms with E-state index in [2.05, 4.69) is 61.5 Å². The maximum Gasteiger partial charge on any atom is -0.00515 e. The zero-order valence-electron chi connectivity index (χ0n) is 10.8. The van der Waals surface area contributed by atoms with Crippen molar-refractivity contribution in [2.45, 2.75) is 26.2 Å². The molecule has 0 unspecified atom stereocenters. The lowest BCUT2D eigenvalue weighted by molar-refractivity contribution is 0.884. The summed E-state index contributed by atoms with van der Waals surface area (Å²) in [6.45, 7) is 2.26. The largest absolute Gasteiger partial charge is 0.0651 e. The van der Waals surface area contributed by atoms with Crippen molar-refractivity contribution in [3.8, 4) is 0 Å². The highest BCUT2D eigenvalue weighted by atomic mass is 14.2. The van der Waals surface area contributed by atoms with Crippen LogP contribution in [0.25, 0.3) is 5.57 Å². The van der Waals surface area contributed by atoms with Crippen molar-refractivity contribution in [2.75, 3.05) is 0 Å². The van der Waals surface area contributed by atoms with Gasteiger partial charge in [-0.05, 0) is 35.1 Å². The smallest absolute Gasteiger partial charge is 0.00515 e. The van der Waals surface area contributed by atoms with E-state index in [9.17, 15) is 0 Å². The predicted molar refractivity (Wildman–Crippen MR) is 77.5 cm³/mol. The third kappa shape index (κ3) is 1.88. The number of benzene rings is 2. The van der Waals surface area contributed by atoms with E-state index < -0.39 is 0 Å². The number of hydrogen-bond donors (Lipinski definition) is 0. The van der Waals surface area contributed by atoms with Crippen molar-refractivity contribution in [3.63, 3.8) is 0 Å². The van der Waals surface area contributed by atoms with Crippen LogP contribution in [0.4, 0.5) is 0 Å². The molecule has 0 heterocycles. The normalized spacial score (nSPS) is 13.8. The molecule has 0 aromatic heterocycles. The maximum absolute atomic E-state index is 2.26. The van der Waals surface area contributed by atoms with Crippen molar-refractivity contribution >= 4 is 5.57 Å². The predicted octanol–water partition coefficient (Wildman–Crippen LogP) is 4.84. The Morgan fingerprint density at radius 3 is 2.39 bits per heavy atom. The Labute approximate surface area is 109 Å². The highest BCUT2D eigenvalue weighted by Crippen LogP contribution is 2.38. The van der Waals surface area contributed by atoms with Gasteiger partial charge in [-0.1, -0.05) is 73.5 Å². The average Bonchev–Trinajstić information content (AvgIpc) is 2.78. The van der Waals surface area contributed by atoms with Crippen molar-refractivity contribution in [3.05, 3.63) is 76.9 Å². The first-order valence-electron chi connectivity index (χ1n) is 6.76. The first kappa shape index (κ1) is 11.3. The van der Waals surface area contributed by atoms with E-state index in [1.165, 1.54) is 35.1 Å². The SMILES string of the molecule is CCCC1=C(c2ccccc2)c2ccccc2C1. The van der Waals surface area contributed by atoms with Gasteiger partial charge < -0.3 is 0 Å². The molecule has 0 spiro atoms. The molecule has 1 aliphatic carbocycles. The van der Waals surface area contributed by atoms with E-state index in [-0.39, 0.29) is 0 Å². The topological polar surface area (TPSA) is 0 Å². The minimum atomic E-state index is 1.13. The summed E-state index contributed by atoms with van der Waals surface area (Å²) in [6.07, 6.45) is 3.56. The van der Waals surface area contributed by atoms with Crippen molar-refractivity contribution in [1.82, 2.24) is 0 Å². The zero-order chi connectivity index (χ0) is 12.4. The molecule has 0 heteroatoms. The molecule has 1 aliphatic rings. The van der Waals surface area contributed by atoms with Gasteiger partial charge in [-0.2, -0.15) is 0 Å². The van der Waals surface area contributed by atoms with Gasteiger partial charge in [-0.3, -0.25) is 0 Å². The second kappa shape index (κ2) is 4.81. The van der Waals surface area contributed by atoms with Crippen molar-refractivity contribution < 1.29 is 0 Å². The monoisotopic (exact) mass is 234 g/mol. The van der Waals surface area contributed by atoms with Crippen molar-refractivity contribution in [2.24, 2.45) is 0 Å². The summed E-state index contributed by atoms with van der Waals surface area (Å²) in [5.74, 6) is 0. The van der Waals surface area contributed by atoms with Gasteiger partial charge in [0.1, 0.15) is 0 Å².